The zero-order chi connectivity index (χ0) is 42.9. The third-order valence-electron chi connectivity index (χ3n) is 12.1. The number of ketones is 1. The minimum absolute atomic E-state index is 0.0155. The van der Waals surface area contributed by atoms with Crippen LogP contribution in [0, 0.1) is 22.7 Å². The monoisotopic (exact) mass is 812 g/mol. The molecule has 1 saturated carbocycles. The van der Waals surface area contributed by atoms with Gasteiger partial charge in [0.05, 0.1) is 12.6 Å². The smallest absolute Gasteiger partial charge is 0.408 e. The summed E-state index contributed by atoms with van der Waals surface area (Å²) >= 11 is 0. The number of Topliss-reactive ketones (excluding diaryl/α,β-unsaturated/α-hetero) is 1. The Hall–Kier alpha value is -5.53. The van der Waals surface area contributed by atoms with Gasteiger partial charge in [-0.2, -0.15) is 0 Å². The molecule has 2 fully saturated rings. The molecule has 2 aliphatic heterocycles. The highest BCUT2D eigenvalue weighted by Gasteiger charge is 2.70. The topological polar surface area (TPSA) is 183 Å². The number of carbonyl (C=O) groups is 7. The van der Waals surface area contributed by atoms with Crippen molar-refractivity contribution in [1.82, 2.24) is 31.1 Å². The maximum atomic E-state index is 14.7. The number of piperidine rings is 1. The summed E-state index contributed by atoms with van der Waals surface area (Å²) in [6.07, 6.45) is 7.64. The Morgan fingerprint density at radius 1 is 0.898 bits per heavy atom. The summed E-state index contributed by atoms with van der Waals surface area (Å²) in [5, 5.41) is 10.7. The van der Waals surface area contributed by atoms with Crippen LogP contribution < -0.4 is 21.3 Å². The summed E-state index contributed by atoms with van der Waals surface area (Å²) in [6.45, 7) is 7.67. The number of alkyl carbamates (subject to hydrolysis) is 1. The van der Waals surface area contributed by atoms with Crippen molar-refractivity contribution in [2.24, 2.45) is 22.7 Å². The largest absolute Gasteiger partial charge is 0.445 e. The zero-order valence-corrected chi connectivity index (χ0v) is 35.1. The second-order valence-corrected chi connectivity index (χ2v) is 17.4. The molecule has 6 atom stereocenters. The number of hydrogen-bond donors (Lipinski definition) is 4. The first-order valence-electron chi connectivity index (χ1n) is 20.6. The van der Waals surface area contributed by atoms with Gasteiger partial charge in [-0.1, -0.05) is 107 Å². The van der Waals surface area contributed by atoms with E-state index in [1.54, 1.807) is 44.4 Å². The minimum Gasteiger partial charge on any atom is -0.445 e. The van der Waals surface area contributed by atoms with Crippen molar-refractivity contribution in [3.63, 3.8) is 0 Å². The quantitative estimate of drug-likeness (QED) is 0.203. The predicted octanol–water partition coefficient (Wildman–Crippen LogP) is 4.21. The highest BCUT2D eigenvalue weighted by molar-refractivity contribution is 6.38. The van der Waals surface area contributed by atoms with E-state index >= 15 is 0 Å². The van der Waals surface area contributed by atoms with Gasteiger partial charge in [0.25, 0.3) is 5.91 Å². The van der Waals surface area contributed by atoms with E-state index in [2.05, 4.69) is 33.4 Å². The Morgan fingerprint density at radius 2 is 1.54 bits per heavy atom. The number of rotatable bonds is 10. The van der Waals surface area contributed by atoms with Crippen LogP contribution in [0.1, 0.15) is 89.8 Å². The van der Waals surface area contributed by atoms with Crippen LogP contribution in [0.4, 0.5) is 4.79 Å². The molecule has 0 spiro atoms. The molecule has 14 nitrogen and oxygen atoms in total. The fourth-order valence-electron chi connectivity index (χ4n) is 8.45. The van der Waals surface area contributed by atoms with E-state index in [-0.39, 0.29) is 36.2 Å². The SMILES string of the molecule is CN(C)C(=O)[C@@H](NC(=O)CNC(=O)C(=O)[C@@H]1CCCCC=CCCCC(C)(C)[C@H](NC(=O)OCc2ccccc2)C(=O)N2C[C@H]3[C@@H]([C@H]2C(=O)N1)C3(C)C)c1ccccc1. The lowest BCUT2D eigenvalue weighted by atomic mass is 9.78. The molecule has 4 N–H and O–H groups in total. The van der Waals surface area contributed by atoms with Crippen LogP contribution in [0.3, 0.4) is 0 Å². The summed E-state index contributed by atoms with van der Waals surface area (Å²) in [5.74, 6) is -4.20. The number of hydrogen-bond acceptors (Lipinski definition) is 8. The van der Waals surface area contributed by atoms with Gasteiger partial charge in [-0.05, 0) is 72.3 Å². The molecule has 5 rings (SSSR count). The Kier molecular flexibility index (Phi) is 14.7. The molecule has 2 aromatic carbocycles. The average molecular weight is 813 g/mol. The van der Waals surface area contributed by atoms with Crippen LogP contribution in [-0.4, -0.2) is 96.5 Å². The summed E-state index contributed by atoms with van der Waals surface area (Å²) in [7, 11) is 3.13. The van der Waals surface area contributed by atoms with Crippen LogP contribution in [0.25, 0.3) is 0 Å². The average Bonchev–Trinajstić information content (AvgIpc) is 3.50. The number of nitrogens with zero attached hydrogens (tertiary/aromatic N) is 2. The summed E-state index contributed by atoms with van der Waals surface area (Å²) < 4.78 is 5.55. The maximum absolute atomic E-state index is 14.7. The first-order valence-corrected chi connectivity index (χ1v) is 20.6. The number of benzene rings is 2. The molecule has 2 aromatic rings. The van der Waals surface area contributed by atoms with Gasteiger partial charge >= 0.3 is 6.09 Å². The molecular weight excluding hydrogens is 753 g/mol. The molecule has 14 heteroatoms. The summed E-state index contributed by atoms with van der Waals surface area (Å²) in [6, 6.07) is 13.7. The lowest BCUT2D eigenvalue weighted by molar-refractivity contribution is -0.145. The first kappa shape index (κ1) is 44.6. The lowest BCUT2D eigenvalue weighted by Gasteiger charge is -2.39. The van der Waals surface area contributed by atoms with Crippen LogP contribution in [0.15, 0.2) is 72.8 Å². The van der Waals surface area contributed by atoms with E-state index in [4.69, 9.17) is 4.74 Å². The molecule has 0 aromatic heterocycles. The van der Waals surface area contributed by atoms with Crippen LogP contribution >= 0.6 is 0 Å². The third-order valence-corrected chi connectivity index (χ3v) is 12.1. The van der Waals surface area contributed by atoms with E-state index in [0.29, 0.717) is 31.4 Å². The third kappa shape index (κ3) is 11.2. The molecule has 1 aliphatic carbocycles. The minimum atomic E-state index is -1.23. The van der Waals surface area contributed by atoms with Gasteiger partial charge in [0, 0.05) is 20.6 Å². The van der Waals surface area contributed by atoms with Gasteiger partial charge < -0.3 is 35.8 Å². The van der Waals surface area contributed by atoms with E-state index in [9.17, 15) is 33.6 Å². The van der Waals surface area contributed by atoms with Crippen molar-refractivity contribution in [2.45, 2.75) is 103 Å². The Bertz CT molecular complexity index is 1880. The van der Waals surface area contributed by atoms with Gasteiger partial charge in [0.2, 0.25) is 29.4 Å². The molecule has 3 aliphatic rings. The lowest BCUT2D eigenvalue weighted by Crippen LogP contribution is -2.61. The highest BCUT2D eigenvalue weighted by Crippen LogP contribution is 2.65. The van der Waals surface area contributed by atoms with Crippen LogP contribution in [-0.2, 0) is 40.1 Å². The highest BCUT2D eigenvalue weighted by atomic mass is 16.5. The first-order chi connectivity index (χ1) is 28.0. The number of carbonyl (C=O) groups excluding carboxylic acids is 7. The number of fused-ring (bicyclic) bond motifs is 3. The van der Waals surface area contributed by atoms with Gasteiger partial charge in [0.15, 0.2) is 0 Å². The molecule has 318 valence electrons. The summed E-state index contributed by atoms with van der Waals surface area (Å²) in [4.78, 5) is 98.5. The van der Waals surface area contributed by atoms with E-state index in [1.165, 1.54) is 9.80 Å². The zero-order valence-electron chi connectivity index (χ0n) is 35.1. The van der Waals surface area contributed by atoms with Crippen molar-refractivity contribution in [3.8, 4) is 0 Å². The molecule has 59 heavy (non-hydrogen) atoms. The number of likely N-dealkylation sites (N-methyl/N-ethyl adjacent to an activating group) is 1. The fourth-order valence-corrected chi connectivity index (χ4v) is 8.45. The van der Waals surface area contributed by atoms with Crippen molar-refractivity contribution < 1.29 is 38.3 Å². The Balaban J connectivity index is 1.33. The molecule has 0 radical (unpaired) electrons. The van der Waals surface area contributed by atoms with Crippen LogP contribution in [0.5, 0.6) is 0 Å². The van der Waals surface area contributed by atoms with E-state index in [0.717, 1.165) is 24.8 Å². The van der Waals surface area contributed by atoms with Crippen LogP contribution in [0.2, 0.25) is 0 Å². The van der Waals surface area contributed by atoms with Gasteiger partial charge in [0.1, 0.15) is 24.7 Å². The Morgan fingerprint density at radius 3 is 2.20 bits per heavy atom. The molecule has 0 unspecified atom stereocenters. The molecule has 6 amide bonds. The van der Waals surface area contributed by atoms with Crippen molar-refractivity contribution in [1.29, 1.82) is 0 Å². The van der Waals surface area contributed by atoms with Crippen molar-refractivity contribution >= 4 is 41.4 Å². The molecule has 2 heterocycles. The number of allylic oxidation sites excluding steroid dienone is 2. The van der Waals surface area contributed by atoms with Gasteiger partial charge in [-0.15, -0.1) is 0 Å². The fraction of sp³-hybridized carbons (Fsp3) is 0.533. The predicted molar refractivity (Wildman–Crippen MR) is 221 cm³/mol. The number of amides is 6. The second kappa shape index (κ2) is 19.5. The molecular formula is C45H60N6O8. The Labute approximate surface area is 347 Å². The summed E-state index contributed by atoms with van der Waals surface area (Å²) in [5.41, 5.74) is 0.362. The standard InChI is InChI=1S/C45H60N6O8/c1-44(2)25-19-11-9-7-8-10-18-24-32(37(53)40(55)46-26-33(52)48-35(41(56)50(5)6)30-22-16-13-17-23-30)47-39(54)36-34-31(45(34,3)4)27-51(36)42(57)38(44)49-43(58)59-28-29-20-14-12-15-21-29/h7,9,12-17,20-23,31-32,34-36,38H,8,10-11,18-19,24-28H2,1-6H3,(H,46,55)(H,47,54)(H,48,52)(H,49,58)/t31-,32-,34-,35-,36-,38+/m0/s1. The van der Waals surface area contributed by atoms with Crippen molar-refractivity contribution in [2.75, 3.05) is 27.2 Å². The number of nitrogens with one attached hydrogen (secondary N) is 4. The molecule has 1 saturated heterocycles. The second-order valence-electron chi connectivity index (χ2n) is 17.4. The maximum Gasteiger partial charge on any atom is 0.408 e. The molecule has 0 bridgehead atoms. The van der Waals surface area contributed by atoms with Gasteiger partial charge in [-0.3, -0.25) is 28.8 Å². The normalized spacial score (nSPS) is 24.5. The van der Waals surface area contributed by atoms with E-state index in [1.807, 2.05) is 58.0 Å². The van der Waals surface area contributed by atoms with Crippen molar-refractivity contribution in [3.05, 3.63) is 83.9 Å². The van der Waals surface area contributed by atoms with E-state index < -0.39 is 71.6 Å². The number of ether oxygens (including phenoxy) is 1. The van der Waals surface area contributed by atoms with Gasteiger partial charge in [-0.25, -0.2) is 4.79 Å².